The van der Waals surface area contributed by atoms with E-state index in [9.17, 15) is 4.79 Å². The molecule has 2 aliphatic rings. The average molecular weight is 329 g/mol. The summed E-state index contributed by atoms with van der Waals surface area (Å²) in [6, 6.07) is 3.86. The van der Waals surface area contributed by atoms with Crippen LogP contribution in [0.2, 0.25) is 0 Å². The molecule has 0 N–H and O–H groups in total. The maximum atomic E-state index is 12.6. The Morgan fingerprint density at radius 1 is 1.29 bits per heavy atom. The summed E-state index contributed by atoms with van der Waals surface area (Å²) in [6.07, 6.45) is 2.61. The minimum atomic E-state index is 0.116. The first-order valence-electron chi connectivity index (χ1n) is 8.60. The van der Waals surface area contributed by atoms with Crippen LogP contribution in [0.1, 0.15) is 35.1 Å². The second-order valence-corrected chi connectivity index (χ2v) is 6.87. The van der Waals surface area contributed by atoms with E-state index in [4.69, 9.17) is 8.94 Å². The fraction of sp³-hybridized carbons (Fsp3) is 0.556. The van der Waals surface area contributed by atoms with Gasteiger partial charge in [0.25, 0.3) is 0 Å². The highest BCUT2D eigenvalue weighted by molar-refractivity contribution is 5.83. The third-order valence-corrected chi connectivity index (χ3v) is 5.26. The van der Waals surface area contributed by atoms with Crippen molar-refractivity contribution >= 4 is 5.91 Å². The van der Waals surface area contributed by atoms with Gasteiger partial charge in [0.2, 0.25) is 5.91 Å². The van der Waals surface area contributed by atoms with Crippen LogP contribution < -0.4 is 0 Å². The highest BCUT2D eigenvalue weighted by Gasteiger charge is 2.47. The van der Waals surface area contributed by atoms with Gasteiger partial charge >= 0.3 is 0 Å². The number of furan rings is 1. The second kappa shape index (κ2) is 6.09. The van der Waals surface area contributed by atoms with Crippen LogP contribution in [0, 0.1) is 19.8 Å². The van der Waals surface area contributed by atoms with E-state index in [0.29, 0.717) is 0 Å². The van der Waals surface area contributed by atoms with Gasteiger partial charge in [0.1, 0.15) is 11.5 Å². The van der Waals surface area contributed by atoms with E-state index in [-0.39, 0.29) is 17.7 Å². The van der Waals surface area contributed by atoms with Crippen LogP contribution in [0.15, 0.2) is 27.3 Å². The summed E-state index contributed by atoms with van der Waals surface area (Å²) in [5.41, 5.74) is 2.14. The fourth-order valence-corrected chi connectivity index (χ4v) is 3.60. The zero-order valence-electron chi connectivity index (χ0n) is 14.2. The third kappa shape index (κ3) is 2.86. The molecular weight excluding hydrogens is 306 g/mol. The Balaban J connectivity index is 1.30. The molecule has 1 aliphatic heterocycles. The molecule has 1 saturated carbocycles. The molecule has 0 spiro atoms. The minimum absolute atomic E-state index is 0.116. The highest BCUT2D eigenvalue weighted by Crippen LogP contribution is 2.48. The van der Waals surface area contributed by atoms with Gasteiger partial charge in [-0.25, -0.2) is 0 Å². The van der Waals surface area contributed by atoms with Crippen molar-refractivity contribution in [2.75, 3.05) is 26.2 Å². The van der Waals surface area contributed by atoms with Crippen molar-refractivity contribution in [3.05, 3.63) is 41.2 Å². The smallest absolute Gasteiger partial charge is 0.226 e. The zero-order valence-corrected chi connectivity index (χ0v) is 14.2. The lowest BCUT2D eigenvalue weighted by Gasteiger charge is -2.34. The molecule has 1 saturated heterocycles. The topological polar surface area (TPSA) is 62.7 Å². The monoisotopic (exact) mass is 329 g/mol. The molecule has 0 unspecified atom stereocenters. The molecule has 2 fully saturated rings. The summed E-state index contributed by atoms with van der Waals surface area (Å²) in [6.45, 7) is 8.17. The van der Waals surface area contributed by atoms with Crippen molar-refractivity contribution in [1.82, 2.24) is 15.0 Å². The van der Waals surface area contributed by atoms with E-state index in [1.165, 1.54) is 5.56 Å². The summed E-state index contributed by atoms with van der Waals surface area (Å²) in [5.74, 6) is 2.53. The molecule has 6 heteroatoms. The first-order valence-corrected chi connectivity index (χ1v) is 8.60. The highest BCUT2D eigenvalue weighted by atomic mass is 16.5. The van der Waals surface area contributed by atoms with Crippen LogP contribution in [0.3, 0.4) is 0 Å². The summed E-state index contributed by atoms with van der Waals surface area (Å²) >= 11 is 0. The zero-order chi connectivity index (χ0) is 16.7. The molecule has 2 aromatic rings. The Bertz CT molecular complexity index is 694. The average Bonchev–Trinajstić information content (AvgIpc) is 3.08. The van der Waals surface area contributed by atoms with E-state index in [2.05, 4.69) is 10.1 Å². The van der Waals surface area contributed by atoms with Crippen molar-refractivity contribution < 1.29 is 13.7 Å². The molecule has 3 heterocycles. The number of hydrogen-bond donors (Lipinski definition) is 0. The van der Waals surface area contributed by atoms with Crippen LogP contribution in [-0.2, 0) is 11.3 Å². The molecule has 1 aliphatic carbocycles. The first-order chi connectivity index (χ1) is 11.6. The van der Waals surface area contributed by atoms with Gasteiger partial charge < -0.3 is 13.8 Å². The van der Waals surface area contributed by atoms with Crippen molar-refractivity contribution in [1.29, 1.82) is 0 Å². The summed E-state index contributed by atoms with van der Waals surface area (Å²) in [7, 11) is 0. The number of hydrogen-bond acceptors (Lipinski definition) is 5. The second-order valence-electron chi connectivity index (χ2n) is 6.87. The Hall–Kier alpha value is -2.08. The number of aromatic nitrogens is 1. The predicted molar refractivity (Wildman–Crippen MR) is 87.4 cm³/mol. The Labute approximate surface area is 141 Å². The van der Waals surface area contributed by atoms with Gasteiger partial charge in [-0.15, -0.1) is 0 Å². The third-order valence-electron chi connectivity index (χ3n) is 5.26. The number of carbonyl (C=O) groups is 1. The molecule has 4 rings (SSSR count). The van der Waals surface area contributed by atoms with Gasteiger partial charge in [-0.3, -0.25) is 9.69 Å². The maximum absolute atomic E-state index is 12.6. The maximum Gasteiger partial charge on any atom is 0.226 e. The van der Waals surface area contributed by atoms with E-state index >= 15 is 0 Å². The van der Waals surface area contributed by atoms with Gasteiger partial charge in [-0.05, 0) is 32.4 Å². The normalized spacial score (nSPS) is 24.3. The largest absolute Gasteiger partial charge is 0.469 e. The molecule has 24 heavy (non-hydrogen) atoms. The Kier molecular flexibility index (Phi) is 3.92. The SMILES string of the molecule is Cc1noc(C)c1CN1CCN(C(=O)[C@@H]2C[C@H]2c2ccco2)CC1. The minimum Gasteiger partial charge on any atom is -0.469 e. The number of nitrogens with zero attached hydrogens (tertiary/aromatic N) is 3. The predicted octanol–water partition coefficient (Wildman–Crippen LogP) is 2.33. The number of piperazine rings is 1. The van der Waals surface area contributed by atoms with Crippen LogP contribution in [0.4, 0.5) is 0 Å². The Morgan fingerprint density at radius 2 is 2.08 bits per heavy atom. The van der Waals surface area contributed by atoms with E-state index in [1.807, 2.05) is 30.9 Å². The molecule has 128 valence electrons. The number of rotatable bonds is 4. The lowest BCUT2D eigenvalue weighted by Crippen LogP contribution is -2.48. The van der Waals surface area contributed by atoms with E-state index in [0.717, 1.165) is 56.4 Å². The number of carbonyl (C=O) groups excluding carboxylic acids is 1. The van der Waals surface area contributed by atoms with Crippen LogP contribution in [-0.4, -0.2) is 47.0 Å². The summed E-state index contributed by atoms with van der Waals surface area (Å²) in [5, 5.41) is 4.01. The lowest BCUT2D eigenvalue weighted by molar-refractivity contribution is -0.134. The summed E-state index contributed by atoms with van der Waals surface area (Å²) in [4.78, 5) is 17.0. The van der Waals surface area contributed by atoms with E-state index < -0.39 is 0 Å². The van der Waals surface area contributed by atoms with E-state index in [1.54, 1.807) is 6.26 Å². The molecule has 2 aromatic heterocycles. The van der Waals surface area contributed by atoms with Crippen LogP contribution in [0.25, 0.3) is 0 Å². The lowest BCUT2D eigenvalue weighted by atomic mass is 10.1. The van der Waals surface area contributed by atoms with Crippen molar-refractivity contribution in [3.8, 4) is 0 Å². The van der Waals surface area contributed by atoms with Gasteiger partial charge in [0.05, 0.1) is 12.0 Å². The quantitative estimate of drug-likeness (QED) is 0.861. The van der Waals surface area contributed by atoms with Crippen molar-refractivity contribution in [2.24, 2.45) is 5.92 Å². The molecule has 6 nitrogen and oxygen atoms in total. The van der Waals surface area contributed by atoms with Crippen molar-refractivity contribution in [3.63, 3.8) is 0 Å². The molecule has 0 aromatic carbocycles. The van der Waals surface area contributed by atoms with Gasteiger partial charge in [-0.2, -0.15) is 0 Å². The number of amides is 1. The first kappa shape index (κ1) is 15.4. The van der Waals surface area contributed by atoms with Crippen molar-refractivity contribution in [2.45, 2.75) is 32.7 Å². The number of aryl methyl sites for hydroxylation is 2. The van der Waals surface area contributed by atoms with Gasteiger partial charge in [-0.1, -0.05) is 5.16 Å². The molecular formula is C18H23N3O3. The molecule has 1 amide bonds. The van der Waals surface area contributed by atoms with Gasteiger partial charge in [0.15, 0.2) is 0 Å². The molecule has 0 bridgehead atoms. The Morgan fingerprint density at radius 3 is 2.71 bits per heavy atom. The fourth-order valence-electron chi connectivity index (χ4n) is 3.60. The van der Waals surface area contributed by atoms with Gasteiger partial charge in [0, 0.05) is 50.1 Å². The van der Waals surface area contributed by atoms with Crippen LogP contribution >= 0.6 is 0 Å². The molecule has 0 radical (unpaired) electrons. The van der Waals surface area contributed by atoms with Crippen LogP contribution in [0.5, 0.6) is 0 Å². The standard InChI is InChI=1S/C18H23N3O3/c1-12-16(13(2)24-19-12)11-20-5-7-21(8-6-20)18(22)15-10-14(15)17-4-3-9-23-17/h3-4,9,14-15H,5-8,10-11H2,1-2H3/t14-,15-/m1/s1. The molecule has 2 atom stereocenters. The summed E-state index contributed by atoms with van der Waals surface area (Å²) < 4.78 is 10.7.